The molecule has 3 N–H and O–H groups in total. The van der Waals surface area contributed by atoms with E-state index in [1.807, 2.05) is 0 Å². The molecule has 2 aromatic rings. The summed E-state index contributed by atoms with van der Waals surface area (Å²) in [4.78, 5) is 17.9. The molecule has 94 valence electrons. The molecule has 0 spiro atoms. The first-order valence-corrected chi connectivity index (χ1v) is 5.35. The quantitative estimate of drug-likeness (QED) is 0.861. The lowest BCUT2D eigenvalue weighted by atomic mass is 10.2. The zero-order valence-electron chi connectivity index (χ0n) is 9.41. The summed E-state index contributed by atoms with van der Waals surface area (Å²) >= 11 is 0. The predicted molar refractivity (Wildman–Crippen MR) is 63.0 cm³/mol. The SMILES string of the molecule is NCCc1cc(=O)[nH]c(-c2cc(F)cc(F)c2)n1. The fourth-order valence-corrected chi connectivity index (χ4v) is 1.61. The number of nitrogens with one attached hydrogen (secondary N) is 1. The average molecular weight is 251 g/mol. The average Bonchev–Trinajstić information content (AvgIpc) is 2.27. The van der Waals surface area contributed by atoms with Crippen molar-refractivity contribution in [3.63, 3.8) is 0 Å². The van der Waals surface area contributed by atoms with Crippen molar-refractivity contribution >= 4 is 0 Å². The highest BCUT2D eigenvalue weighted by Crippen LogP contribution is 2.17. The van der Waals surface area contributed by atoms with Crippen molar-refractivity contribution in [2.24, 2.45) is 5.73 Å². The summed E-state index contributed by atoms with van der Waals surface area (Å²) in [6.07, 6.45) is 0.425. The van der Waals surface area contributed by atoms with Crippen molar-refractivity contribution in [2.75, 3.05) is 6.54 Å². The molecular weight excluding hydrogens is 240 g/mol. The molecule has 0 bridgehead atoms. The molecule has 1 heterocycles. The highest BCUT2D eigenvalue weighted by Gasteiger charge is 2.07. The predicted octanol–water partition coefficient (Wildman–Crippen LogP) is 1.22. The maximum atomic E-state index is 13.1. The lowest BCUT2D eigenvalue weighted by Gasteiger charge is -2.04. The van der Waals surface area contributed by atoms with Crippen LogP contribution >= 0.6 is 0 Å². The van der Waals surface area contributed by atoms with E-state index in [-0.39, 0.29) is 16.9 Å². The number of hydrogen-bond acceptors (Lipinski definition) is 3. The highest BCUT2D eigenvalue weighted by atomic mass is 19.1. The number of nitrogens with zero attached hydrogens (tertiary/aromatic N) is 1. The van der Waals surface area contributed by atoms with E-state index in [0.717, 1.165) is 18.2 Å². The van der Waals surface area contributed by atoms with Gasteiger partial charge in [-0.2, -0.15) is 0 Å². The van der Waals surface area contributed by atoms with Crippen molar-refractivity contribution in [1.82, 2.24) is 9.97 Å². The molecule has 0 aliphatic rings. The van der Waals surface area contributed by atoms with Crippen LogP contribution in [-0.2, 0) is 6.42 Å². The fourth-order valence-electron chi connectivity index (χ4n) is 1.61. The molecule has 4 nitrogen and oxygen atoms in total. The van der Waals surface area contributed by atoms with Crippen molar-refractivity contribution in [2.45, 2.75) is 6.42 Å². The first-order chi connectivity index (χ1) is 8.58. The molecule has 0 fully saturated rings. The first kappa shape index (κ1) is 12.4. The van der Waals surface area contributed by atoms with Gasteiger partial charge >= 0.3 is 0 Å². The Hall–Kier alpha value is -2.08. The van der Waals surface area contributed by atoms with Crippen LogP contribution in [0.15, 0.2) is 29.1 Å². The van der Waals surface area contributed by atoms with Crippen LogP contribution in [0, 0.1) is 11.6 Å². The zero-order chi connectivity index (χ0) is 13.1. The van der Waals surface area contributed by atoms with Crippen LogP contribution < -0.4 is 11.3 Å². The number of hydrogen-bond donors (Lipinski definition) is 2. The van der Waals surface area contributed by atoms with E-state index >= 15 is 0 Å². The Kier molecular flexibility index (Phi) is 3.47. The van der Waals surface area contributed by atoms with Gasteiger partial charge in [0, 0.05) is 29.8 Å². The number of halogens is 2. The van der Waals surface area contributed by atoms with Crippen molar-refractivity contribution in [3.05, 3.63) is 51.9 Å². The Morgan fingerprint density at radius 1 is 1.17 bits per heavy atom. The summed E-state index contributed by atoms with van der Waals surface area (Å²) in [5, 5.41) is 0. The summed E-state index contributed by atoms with van der Waals surface area (Å²) in [5.41, 5.74) is 5.66. The van der Waals surface area contributed by atoms with Gasteiger partial charge in [0.1, 0.15) is 17.5 Å². The molecule has 1 aromatic heterocycles. The van der Waals surface area contributed by atoms with E-state index in [0.29, 0.717) is 18.7 Å². The second kappa shape index (κ2) is 5.05. The second-order valence-corrected chi connectivity index (χ2v) is 3.78. The van der Waals surface area contributed by atoms with Gasteiger partial charge in [-0.05, 0) is 18.7 Å². The Bertz CT molecular complexity index is 605. The Balaban J connectivity index is 2.52. The molecule has 1 aromatic carbocycles. The fraction of sp³-hybridized carbons (Fsp3) is 0.167. The molecule has 0 saturated carbocycles. The highest BCUT2D eigenvalue weighted by molar-refractivity contribution is 5.54. The third kappa shape index (κ3) is 2.78. The molecule has 18 heavy (non-hydrogen) atoms. The summed E-state index contributed by atoms with van der Waals surface area (Å²) in [7, 11) is 0. The molecule has 6 heteroatoms. The van der Waals surface area contributed by atoms with Gasteiger partial charge in [0.05, 0.1) is 0 Å². The summed E-state index contributed by atoms with van der Waals surface area (Å²) < 4.78 is 26.2. The van der Waals surface area contributed by atoms with E-state index in [1.54, 1.807) is 0 Å². The Labute approximate surface area is 101 Å². The lowest BCUT2D eigenvalue weighted by molar-refractivity contribution is 0.584. The van der Waals surface area contributed by atoms with Crippen LogP contribution in [0.25, 0.3) is 11.4 Å². The summed E-state index contributed by atoms with van der Waals surface area (Å²) in [6.45, 7) is 0.341. The van der Waals surface area contributed by atoms with Gasteiger partial charge in [0.2, 0.25) is 0 Å². The van der Waals surface area contributed by atoms with Crippen molar-refractivity contribution in [3.8, 4) is 11.4 Å². The van der Waals surface area contributed by atoms with Crippen LogP contribution in [0.4, 0.5) is 8.78 Å². The smallest absolute Gasteiger partial charge is 0.251 e. The van der Waals surface area contributed by atoms with Crippen LogP contribution in [0.2, 0.25) is 0 Å². The molecule has 0 radical (unpaired) electrons. The van der Waals surface area contributed by atoms with Gasteiger partial charge in [-0.3, -0.25) is 4.79 Å². The number of benzene rings is 1. The third-order valence-corrected chi connectivity index (χ3v) is 2.33. The number of rotatable bonds is 3. The standard InChI is InChI=1S/C12H11F2N3O/c13-8-3-7(4-9(14)5-8)12-16-10(1-2-15)6-11(18)17-12/h3-6H,1-2,15H2,(H,16,17,18). The molecule has 0 aliphatic heterocycles. The van der Waals surface area contributed by atoms with E-state index in [1.165, 1.54) is 6.07 Å². The van der Waals surface area contributed by atoms with Crippen LogP contribution in [-0.4, -0.2) is 16.5 Å². The minimum Gasteiger partial charge on any atom is -0.330 e. The van der Waals surface area contributed by atoms with Gasteiger partial charge in [-0.25, -0.2) is 13.8 Å². The topological polar surface area (TPSA) is 71.8 Å². The van der Waals surface area contributed by atoms with E-state index in [2.05, 4.69) is 9.97 Å². The van der Waals surface area contributed by atoms with E-state index in [4.69, 9.17) is 5.73 Å². The third-order valence-electron chi connectivity index (χ3n) is 2.33. The van der Waals surface area contributed by atoms with E-state index < -0.39 is 11.6 Å². The van der Waals surface area contributed by atoms with E-state index in [9.17, 15) is 13.6 Å². The second-order valence-electron chi connectivity index (χ2n) is 3.78. The monoisotopic (exact) mass is 251 g/mol. The molecule has 0 unspecified atom stereocenters. The molecular formula is C12H11F2N3O. The van der Waals surface area contributed by atoms with Crippen LogP contribution in [0.1, 0.15) is 5.69 Å². The largest absolute Gasteiger partial charge is 0.330 e. The summed E-state index contributed by atoms with van der Waals surface area (Å²) in [6, 6.07) is 4.28. The van der Waals surface area contributed by atoms with Crippen LogP contribution in [0.5, 0.6) is 0 Å². The van der Waals surface area contributed by atoms with Crippen molar-refractivity contribution in [1.29, 1.82) is 0 Å². The summed E-state index contributed by atoms with van der Waals surface area (Å²) in [5.74, 6) is -1.32. The molecule has 2 rings (SSSR count). The van der Waals surface area contributed by atoms with Crippen LogP contribution in [0.3, 0.4) is 0 Å². The number of aromatic nitrogens is 2. The zero-order valence-corrected chi connectivity index (χ0v) is 9.41. The van der Waals surface area contributed by atoms with Gasteiger partial charge in [0.25, 0.3) is 5.56 Å². The Morgan fingerprint density at radius 3 is 2.44 bits per heavy atom. The van der Waals surface area contributed by atoms with Gasteiger partial charge < -0.3 is 10.7 Å². The lowest BCUT2D eigenvalue weighted by Crippen LogP contribution is -2.13. The molecule has 0 atom stereocenters. The number of nitrogens with two attached hydrogens (primary N) is 1. The van der Waals surface area contributed by atoms with Gasteiger partial charge in [-0.1, -0.05) is 0 Å². The van der Waals surface area contributed by atoms with Gasteiger partial charge in [0.15, 0.2) is 0 Å². The number of aromatic amines is 1. The maximum Gasteiger partial charge on any atom is 0.251 e. The molecule has 0 saturated heterocycles. The van der Waals surface area contributed by atoms with Crippen molar-refractivity contribution < 1.29 is 8.78 Å². The van der Waals surface area contributed by atoms with Gasteiger partial charge in [-0.15, -0.1) is 0 Å². The molecule has 0 amide bonds. The molecule has 0 aliphatic carbocycles. The minimum absolute atomic E-state index is 0.129. The maximum absolute atomic E-state index is 13.1. The Morgan fingerprint density at radius 2 is 1.83 bits per heavy atom. The minimum atomic E-state index is -0.725. The number of H-pyrrole nitrogens is 1. The normalized spacial score (nSPS) is 10.6. The first-order valence-electron chi connectivity index (χ1n) is 5.35.